The Balaban J connectivity index is 2.25. The summed E-state index contributed by atoms with van der Waals surface area (Å²) in [6, 6.07) is -0.580. The van der Waals surface area contributed by atoms with Crippen LogP contribution in [-0.4, -0.2) is 32.2 Å². The van der Waals surface area contributed by atoms with E-state index < -0.39 is 93.9 Å². The van der Waals surface area contributed by atoms with Crippen LogP contribution in [0, 0.1) is 11.6 Å². The zero-order chi connectivity index (χ0) is 28.1. The monoisotopic (exact) mass is 520 g/mol. The third-order valence-electron chi connectivity index (χ3n) is 4.48. The van der Waals surface area contributed by atoms with Crippen LogP contribution in [0.25, 0.3) is 0 Å². The van der Waals surface area contributed by atoms with E-state index in [9.17, 15) is 44.7 Å². The van der Waals surface area contributed by atoms with Gasteiger partial charge in [0.25, 0.3) is 0 Å². The molecule has 1 aliphatic heterocycles. The topological polar surface area (TPSA) is 61.9 Å². The number of carbonyl (C=O) groups excluding carboxylic acids is 2. The highest BCUT2D eigenvalue weighted by atomic mass is 35.5. The van der Waals surface area contributed by atoms with Crippen molar-refractivity contribution in [3.8, 4) is 5.75 Å². The Kier molecular flexibility index (Phi) is 5.51. The van der Waals surface area contributed by atoms with E-state index in [0.29, 0.717) is 17.0 Å². The fourth-order valence-electron chi connectivity index (χ4n) is 2.92. The second-order valence-corrected chi connectivity index (χ2v) is 7.03. The molecule has 3 rings (SSSR count). The van der Waals surface area contributed by atoms with Crippen LogP contribution in [0.5, 0.6) is 5.75 Å². The Morgan fingerprint density at radius 3 is 2.38 bits per heavy atom. The molecule has 1 saturated heterocycles. The number of carbonyl (C=O) groups is 2. The number of benzene rings is 2. The average Bonchev–Trinajstić information content (AvgIpc) is 3.17. The molecule has 1 heterocycles. The molecule has 3 amide bonds. The smallest absolute Gasteiger partial charge is 0.407 e. The Bertz CT molecular complexity index is 1250. The van der Waals surface area contributed by atoms with E-state index in [-0.39, 0.29) is 12.6 Å². The number of rotatable bonds is 3. The highest BCUT2D eigenvalue weighted by Crippen LogP contribution is 2.46. The number of hydrogen-bond acceptors (Lipinski definition) is 3. The van der Waals surface area contributed by atoms with Crippen LogP contribution in [-0.2, 0) is 12.4 Å². The molecule has 6 nitrogen and oxygen atoms in total. The lowest BCUT2D eigenvalue weighted by Gasteiger charge is -2.25. The van der Waals surface area contributed by atoms with Crippen LogP contribution in [0.15, 0.2) is 24.3 Å². The molecule has 0 saturated carbocycles. The summed E-state index contributed by atoms with van der Waals surface area (Å²) in [5.41, 5.74) is -6.46. The molecule has 0 spiro atoms. The summed E-state index contributed by atoms with van der Waals surface area (Å²) in [7, 11) is 0. The summed E-state index contributed by atoms with van der Waals surface area (Å²) in [6.45, 7) is -4.33. The van der Waals surface area contributed by atoms with Crippen molar-refractivity contribution in [3.05, 3.63) is 52.0 Å². The maximum atomic E-state index is 14.5. The first-order valence-corrected chi connectivity index (χ1v) is 9.25. The third-order valence-corrected chi connectivity index (χ3v) is 4.82. The van der Waals surface area contributed by atoms with Gasteiger partial charge < -0.3 is 10.1 Å². The molecule has 0 bridgehead atoms. The van der Waals surface area contributed by atoms with E-state index in [0.717, 1.165) is 0 Å². The second-order valence-electron chi connectivity index (χ2n) is 6.65. The van der Waals surface area contributed by atoms with E-state index in [4.69, 9.17) is 15.7 Å². The van der Waals surface area contributed by atoms with Gasteiger partial charge in [-0.05, 0) is 24.3 Å². The summed E-state index contributed by atoms with van der Waals surface area (Å²) >= 11 is 5.40. The Morgan fingerprint density at radius 1 is 1.18 bits per heavy atom. The molecule has 0 radical (unpaired) electrons. The molecular formula is C19H12ClF8N3O3. The van der Waals surface area contributed by atoms with Crippen LogP contribution >= 0.6 is 11.6 Å². The third kappa shape index (κ3) is 4.81. The highest BCUT2D eigenvalue weighted by molar-refractivity contribution is 6.31. The van der Waals surface area contributed by atoms with Crippen LogP contribution in [0.3, 0.4) is 0 Å². The van der Waals surface area contributed by atoms with Crippen molar-refractivity contribution in [2.75, 3.05) is 29.9 Å². The number of amides is 3. The predicted molar refractivity (Wildman–Crippen MR) is 103 cm³/mol. The summed E-state index contributed by atoms with van der Waals surface area (Å²) in [4.78, 5) is 24.8. The van der Waals surface area contributed by atoms with E-state index in [1.165, 1.54) is 0 Å². The molecule has 1 N–H and O–H groups in total. The Labute approximate surface area is 194 Å². The molecule has 1 aliphatic rings. The van der Waals surface area contributed by atoms with Gasteiger partial charge in [-0.3, -0.25) is 9.80 Å². The molecule has 15 heteroatoms. The minimum absolute atomic E-state index is 0.0950. The number of urea groups is 1. The number of nitrogens with zero attached hydrogens (tertiary/aromatic N) is 2. The molecule has 0 unspecified atom stereocenters. The average molecular weight is 521 g/mol. The Morgan fingerprint density at radius 2 is 1.85 bits per heavy atom. The molecule has 2 aromatic carbocycles. The molecule has 2 aromatic rings. The standard InChI is InChI=1S/C19H12ClF8N3O3/c1-30(11-3-2-10(21)13(20)14(11)22)17(33)34-15-9(19(26,27)28)6-8(18(23,24)25)7-12(15)31-5-4-29-16(31)32/h2-3,6-7H,4-5H2,1H3,(H,29,32)/i1D3. The highest BCUT2D eigenvalue weighted by Gasteiger charge is 2.43. The summed E-state index contributed by atoms with van der Waals surface area (Å²) in [5, 5.41) is 0.876. The number of ether oxygens (including phenoxy) is 1. The lowest BCUT2D eigenvalue weighted by atomic mass is 10.1. The normalized spacial score (nSPS) is 16.0. The maximum absolute atomic E-state index is 14.5. The van der Waals surface area contributed by atoms with E-state index in [2.05, 4.69) is 10.1 Å². The van der Waals surface area contributed by atoms with Crippen LogP contribution in [0.2, 0.25) is 5.02 Å². The lowest BCUT2D eigenvalue weighted by Crippen LogP contribution is -2.33. The number of nitrogens with one attached hydrogen (secondary N) is 1. The largest absolute Gasteiger partial charge is 0.420 e. The minimum Gasteiger partial charge on any atom is -0.407 e. The van der Waals surface area contributed by atoms with Crippen LogP contribution in [0.4, 0.5) is 56.1 Å². The fraction of sp³-hybridized carbons (Fsp3) is 0.263. The number of anilines is 2. The van der Waals surface area contributed by atoms with Gasteiger partial charge >= 0.3 is 24.5 Å². The number of halogens is 9. The number of hydrogen-bond donors (Lipinski definition) is 1. The van der Waals surface area contributed by atoms with Gasteiger partial charge in [-0.25, -0.2) is 18.4 Å². The molecule has 1 fully saturated rings. The molecule has 184 valence electrons. The van der Waals surface area contributed by atoms with Crippen molar-refractivity contribution < 1.29 is 53.6 Å². The molecule has 34 heavy (non-hydrogen) atoms. The van der Waals surface area contributed by atoms with Crippen LogP contribution < -0.4 is 19.9 Å². The summed E-state index contributed by atoms with van der Waals surface area (Å²) < 4.78 is 137. The molecule has 0 aromatic heterocycles. The van der Waals surface area contributed by atoms with Crippen molar-refractivity contribution in [1.82, 2.24) is 5.32 Å². The van der Waals surface area contributed by atoms with Crippen molar-refractivity contribution in [2.24, 2.45) is 0 Å². The van der Waals surface area contributed by atoms with Gasteiger partial charge in [-0.2, -0.15) is 26.3 Å². The van der Waals surface area contributed by atoms with Crippen LogP contribution in [0.1, 0.15) is 15.2 Å². The first-order chi connectivity index (χ1) is 16.8. The lowest BCUT2D eigenvalue weighted by molar-refractivity contribution is -0.143. The van der Waals surface area contributed by atoms with Gasteiger partial charge in [0.05, 0.1) is 16.9 Å². The van der Waals surface area contributed by atoms with Gasteiger partial charge in [-0.15, -0.1) is 0 Å². The second kappa shape index (κ2) is 8.81. The van der Waals surface area contributed by atoms with Crippen molar-refractivity contribution >= 4 is 35.1 Å². The first kappa shape index (κ1) is 21.3. The first-order valence-electron chi connectivity index (χ1n) is 10.4. The fourth-order valence-corrected chi connectivity index (χ4v) is 3.08. The SMILES string of the molecule is [2H]C([2H])([2H])N(C(=O)Oc1c(N2CCNC2=O)cc(C(F)(F)F)cc1C(F)(F)F)c1ccc(F)c(Cl)c1F. The number of alkyl halides is 6. The van der Waals surface area contributed by atoms with Gasteiger partial charge in [0, 0.05) is 24.2 Å². The zero-order valence-corrected chi connectivity index (χ0v) is 17.0. The minimum atomic E-state index is -5.61. The van der Waals surface area contributed by atoms with Gasteiger partial charge in [0.1, 0.15) is 16.4 Å². The molecule has 0 atom stereocenters. The molecule has 0 aliphatic carbocycles. The van der Waals surface area contributed by atoms with Gasteiger partial charge in [0.2, 0.25) is 0 Å². The van der Waals surface area contributed by atoms with Crippen molar-refractivity contribution in [3.63, 3.8) is 0 Å². The molecular weight excluding hydrogens is 506 g/mol. The zero-order valence-electron chi connectivity index (χ0n) is 19.2. The Hall–Kier alpha value is -3.29. The van der Waals surface area contributed by atoms with E-state index >= 15 is 0 Å². The maximum Gasteiger partial charge on any atom is 0.420 e. The van der Waals surface area contributed by atoms with Crippen molar-refractivity contribution in [2.45, 2.75) is 12.4 Å². The van der Waals surface area contributed by atoms with Gasteiger partial charge in [-0.1, -0.05) is 11.6 Å². The van der Waals surface area contributed by atoms with Gasteiger partial charge in [0.15, 0.2) is 11.6 Å². The van der Waals surface area contributed by atoms with Crippen molar-refractivity contribution in [1.29, 1.82) is 0 Å². The van der Waals surface area contributed by atoms with E-state index in [1.54, 1.807) is 0 Å². The summed E-state index contributed by atoms with van der Waals surface area (Å²) in [6.07, 6.45) is -13.2. The van der Waals surface area contributed by atoms with E-state index in [1.807, 2.05) is 0 Å². The summed E-state index contributed by atoms with van der Waals surface area (Å²) in [5.74, 6) is -4.83. The predicted octanol–water partition coefficient (Wildman–Crippen LogP) is 5.82. The quantitative estimate of drug-likeness (QED) is 0.410.